The lowest BCUT2D eigenvalue weighted by Gasteiger charge is -2.22. The molecule has 0 radical (unpaired) electrons. The van der Waals surface area contributed by atoms with Crippen molar-refractivity contribution in [3.05, 3.63) is 29.8 Å². The SMILES string of the molecule is N#Cc1cccc(NC(=O)CCC2CCCCO2)c1. The van der Waals surface area contributed by atoms with Gasteiger partial charge in [0.05, 0.1) is 17.7 Å². The summed E-state index contributed by atoms with van der Waals surface area (Å²) in [6.45, 7) is 0.816. The average Bonchev–Trinajstić information content (AvgIpc) is 2.46. The van der Waals surface area contributed by atoms with Crippen molar-refractivity contribution < 1.29 is 9.53 Å². The highest BCUT2D eigenvalue weighted by atomic mass is 16.5. The van der Waals surface area contributed by atoms with Crippen LogP contribution in [0.2, 0.25) is 0 Å². The molecule has 19 heavy (non-hydrogen) atoms. The number of nitrogens with zero attached hydrogens (tertiary/aromatic N) is 1. The fourth-order valence-electron chi connectivity index (χ4n) is 2.22. The first-order chi connectivity index (χ1) is 9.28. The van der Waals surface area contributed by atoms with E-state index in [1.807, 2.05) is 0 Å². The Balaban J connectivity index is 1.78. The van der Waals surface area contributed by atoms with Crippen molar-refractivity contribution in [3.63, 3.8) is 0 Å². The molecule has 0 aliphatic carbocycles. The van der Waals surface area contributed by atoms with Gasteiger partial charge in [-0.3, -0.25) is 4.79 Å². The van der Waals surface area contributed by atoms with Crippen LogP contribution in [0.25, 0.3) is 0 Å². The third-order valence-electron chi connectivity index (χ3n) is 3.24. The fourth-order valence-corrected chi connectivity index (χ4v) is 2.22. The summed E-state index contributed by atoms with van der Waals surface area (Å²) < 4.78 is 5.59. The van der Waals surface area contributed by atoms with E-state index in [2.05, 4.69) is 11.4 Å². The topological polar surface area (TPSA) is 62.1 Å². The normalized spacial score (nSPS) is 18.6. The number of ether oxygens (including phenoxy) is 1. The van der Waals surface area contributed by atoms with E-state index in [-0.39, 0.29) is 12.0 Å². The van der Waals surface area contributed by atoms with Gasteiger partial charge in [0, 0.05) is 18.7 Å². The van der Waals surface area contributed by atoms with Gasteiger partial charge in [-0.2, -0.15) is 5.26 Å². The maximum Gasteiger partial charge on any atom is 0.224 e. The number of carbonyl (C=O) groups excluding carboxylic acids is 1. The minimum absolute atomic E-state index is 0.0238. The van der Waals surface area contributed by atoms with Crippen molar-refractivity contribution in [3.8, 4) is 6.07 Å². The summed E-state index contributed by atoms with van der Waals surface area (Å²) in [6, 6.07) is 8.99. The Kier molecular flexibility index (Phi) is 4.93. The standard InChI is InChI=1S/C15H18N2O2/c16-11-12-4-3-5-13(10-12)17-15(18)8-7-14-6-1-2-9-19-14/h3-5,10,14H,1-2,6-9H2,(H,17,18). The highest BCUT2D eigenvalue weighted by Gasteiger charge is 2.15. The number of amides is 1. The minimum Gasteiger partial charge on any atom is -0.378 e. The van der Waals surface area contributed by atoms with Crippen LogP contribution in [-0.2, 0) is 9.53 Å². The van der Waals surface area contributed by atoms with E-state index in [9.17, 15) is 4.79 Å². The van der Waals surface area contributed by atoms with E-state index >= 15 is 0 Å². The van der Waals surface area contributed by atoms with Crippen LogP contribution in [0.5, 0.6) is 0 Å². The summed E-state index contributed by atoms with van der Waals surface area (Å²) in [5, 5.41) is 11.6. The Morgan fingerprint density at radius 3 is 3.11 bits per heavy atom. The Labute approximate surface area is 113 Å². The minimum atomic E-state index is -0.0238. The number of carbonyl (C=O) groups is 1. The molecule has 2 rings (SSSR count). The van der Waals surface area contributed by atoms with Gasteiger partial charge in [0.25, 0.3) is 0 Å². The highest BCUT2D eigenvalue weighted by molar-refractivity contribution is 5.90. The quantitative estimate of drug-likeness (QED) is 0.903. The summed E-state index contributed by atoms with van der Waals surface area (Å²) >= 11 is 0. The highest BCUT2D eigenvalue weighted by Crippen LogP contribution is 2.17. The summed E-state index contributed by atoms with van der Waals surface area (Å²) in [5.41, 5.74) is 1.22. The van der Waals surface area contributed by atoms with Crippen molar-refractivity contribution in [1.82, 2.24) is 0 Å². The van der Waals surface area contributed by atoms with Crippen molar-refractivity contribution >= 4 is 11.6 Å². The molecule has 4 heteroatoms. The predicted molar refractivity (Wildman–Crippen MR) is 72.6 cm³/mol. The second kappa shape index (κ2) is 6.91. The molecule has 1 aliphatic rings. The molecule has 0 bridgehead atoms. The third kappa shape index (κ3) is 4.38. The first-order valence-corrected chi connectivity index (χ1v) is 6.69. The largest absolute Gasteiger partial charge is 0.378 e. The van der Waals surface area contributed by atoms with Gasteiger partial charge in [-0.1, -0.05) is 6.07 Å². The summed E-state index contributed by atoms with van der Waals surface area (Å²) in [4.78, 5) is 11.8. The molecule has 1 amide bonds. The van der Waals surface area contributed by atoms with E-state index in [1.54, 1.807) is 24.3 Å². The zero-order valence-corrected chi connectivity index (χ0v) is 10.9. The van der Waals surface area contributed by atoms with Gasteiger partial charge in [0.2, 0.25) is 5.91 Å². The molecule has 1 N–H and O–H groups in total. The maximum absolute atomic E-state index is 11.8. The van der Waals surface area contributed by atoms with Crippen LogP contribution in [-0.4, -0.2) is 18.6 Å². The molecule has 1 aliphatic heterocycles. The Bertz CT molecular complexity index is 473. The third-order valence-corrected chi connectivity index (χ3v) is 3.24. The van der Waals surface area contributed by atoms with Gasteiger partial charge in [-0.05, 0) is 43.9 Å². The Morgan fingerprint density at radius 2 is 2.37 bits per heavy atom. The van der Waals surface area contributed by atoms with Crippen LogP contribution < -0.4 is 5.32 Å². The van der Waals surface area contributed by atoms with Crippen LogP contribution >= 0.6 is 0 Å². The number of hydrogen-bond donors (Lipinski definition) is 1. The number of nitrogens with one attached hydrogen (secondary N) is 1. The van der Waals surface area contributed by atoms with Crippen molar-refractivity contribution in [2.75, 3.05) is 11.9 Å². The second-order valence-corrected chi connectivity index (χ2v) is 4.77. The molecule has 100 valence electrons. The van der Waals surface area contributed by atoms with Gasteiger partial charge in [-0.25, -0.2) is 0 Å². The molecular weight excluding hydrogens is 240 g/mol. The van der Waals surface area contributed by atoms with Crippen LogP contribution in [0.3, 0.4) is 0 Å². The molecule has 1 aromatic rings. The lowest BCUT2D eigenvalue weighted by atomic mass is 10.0. The van der Waals surface area contributed by atoms with Crippen LogP contribution in [0.4, 0.5) is 5.69 Å². The molecule has 1 fully saturated rings. The number of rotatable bonds is 4. The maximum atomic E-state index is 11.8. The smallest absolute Gasteiger partial charge is 0.224 e. The first kappa shape index (κ1) is 13.6. The zero-order chi connectivity index (χ0) is 13.5. The Morgan fingerprint density at radius 1 is 1.47 bits per heavy atom. The zero-order valence-electron chi connectivity index (χ0n) is 10.9. The molecule has 4 nitrogen and oxygen atoms in total. The van der Waals surface area contributed by atoms with Gasteiger partial charge in [0.1, 0.15) is 0 Å². The van der Waals surface area contributed by atoms with Crippen LogP contribution in [0.1, 0.15) is 37.7 Å². The molecule has 1 heterocycles. The molecule has 0 spiro atoms. The number of anilines is 1. The molecule has 0 saturated carbocycles. The number of benzene rings is 1. The molecule has 1 aromatic carbocycles. The van der Waals surface area contributed by atoms with E-state index in [1.165, 1.54) is 6.42 Å². The van der Waals surface area contributed by atoms with E-state index in [0.717, 1.165) is 25.9 Å². The van der Waals surface area contributed by atoms with E-state index < -0.39 is 0 Å². The van der Waals surface area contributed by atoms with E-state index in [0.29, 0.717) is 17.7 Å². The number of nitriles is 1. The number of hydrogen-bond acceptors (Lipinski definition) is 3. The monoisotopic (exact) mass is 258 g/mol. The van der Waals surface area contributed by atoms with Gasteiger partial charge < -0.3 is 10.1 Å². The van der Waals surface area contributed by atoms with Gasteiger partial charge in [0.15, 0.2) is 0 Å². The van der Waals surface area contributed by atoms with E-state index in [4.69, 9.17) is 10.00 Å². The van der Waals surface area contributed by atoms with Crippen molar-refractivity contribution in [1.29, 1.82) is 5.26 Å². The van der Waals surface area contributed by atoms with Crippen molar-refractivity contribution in [2.24, 2.45) is 0 Å². The summed E-state index contributed by atoms with van der Waals surface area (Å²) in [7, 11) is 0. The van der Waals surface area contributed by atoms with Gasteiger partial charge >= 0.3 is 0 Å². The van der Waals surface area contributed by atoms with Gasteiger partial charge in [-0.15, -0.1) is 0 Å². The first-order valence-electron chi connectivity index (χ1n) is 6.69. The second-order valence-electron chi connectivity index (χ2n) is 4.77. The van der Waals surface area contributed by atoms with Crippen molar-refractivity contribution in [2.45, 2.75) is 38.2 Å². The van der Waals surface area contributed by atoms with Crippen LogP contribution in [0, 0.1) is 11.3 Å². The van der Waals surface area contributed by atoms with Crippen LogP contribution in [0.15, 0.2) is 24.3 Å². The molecule has 1 atom stereocenters. The predicted octanol–water partition coefficient (Wildman–Crippen LogP) is 2.85. The lowest BCUT2D eigenvalue weighted by Crippen LogP contribution is -2.21. The molecular formula is C15H18N2O2. The summed E-state index contributed by atoms with van der Waals surface area (Å²) in [5.74, 6) is -0.0238. The lowest BCUT2D eigenvalue weighted by molar-refractivity contribution is -0.117. The Hall–Kier alpha value is -1.86. The summed E-state index contributed by atoms with van der Waals surface area (Å²) in [6.07, 6.45) is 4.83. The average molecular weight is 258 g/mol. The molecule has 0 aromatic heterocycles. The molecule has 1 unspecified atom stereocenters. The molecule has 1 saturated heterocycles. The fraction of sp³-hybridized carbons (Fsp3) is 0.467.